The first-order valence-corrected chi connectivity index (χ1v) is 10.5. The van der Waals surface area contributed by atoms with Gasteiger partial charge in [-0.15, -0.1) is 0 Å². The molecule has 7 nitrogen and oxygen atoms in total. The van der Waals surface area contributed by atoms with Crippen LogP contribution < -0.4 is 5.32 Å². The monoisotopic (exact) mass is 417 g/mol. The van der Waals surface area contributed by atoms with Crippen LogP contribution in [-0.2, 0) is 11.3 Å². The fourth-order valence-electron chi connectivity index (χ4n) is 3.71. The van der Waals surface area contributed by atoms with Gasteiger partial charge in [0, 0.05) is 33.1 Å². The molecule has 1 aromatic heterocycles. The molecule has 1 N–H and O–H groups in total. The van der Waals surface area contributed by atoms with E-state index in [1.165, 1.54) is 12.1 Å². The standard InChI is InChI=1S/C22H32FN5O2/c1-16-24-20(26-30-16)14-27-9-11-28(12-10-27)15-21(29)25-19(13-22(2,3)4)17-5-7-18(23)8-6-17/h5-8,19H,9-15H2,1-4H3,(H,25,29). The Hall–Kier alpha value is -2.32. The van der Waals surface area contributed by atoms with Gasteiger partial charge in [-0.1, -0.05) is 38.1 Å². The molecule has 1 fully saturated rings. The van der Waals surface area contributed by atoms with E-state index < -0.39 is 0 Å². The van der Waals surface area contributed by atoms with Crippen molar-refractivity contribution >= 4 is 5.91 Å². The van der Waals surface area contributed by atoms with E-state index in [1.807, 2.05) is 0 Å². The molecule has 0 spiro atoms. The topological polar surface area (TPSA) is 74.5 Å². The Kier molecular flexibility index (Phi) is 7.20. The Morgan fingerprint density at radius 3 is 2.37 bits per heavy atom. The summed E-state index contributed by atoms with van der Waals surface area (Å²) in [4.78, 5) is 21.4. The number of benzene rings is 1. The van der Waals surface area contributed by atoms with Gasteiger partial charge >= 0.3 is 0 Å². The van der Waals surface area contributed by atoms with Gasteiger partial charge in [0.25, 0.3) is 0 Å². The summed E-state index contributed by atoms with van der Waals surface area (Å²) in [5.74, 6) is 0.999. The average Bonchev–Trinajstić information content (AvgIpc) is 3.07. The summed E-state index contributed by atoms with van der Waals surface area (Å²) >= 11 is 0. The Labute approximate surface area is 177 Å². The van der Waals surface area contributed by atoms with Crippen molar-refractivity contribution in [2.24, 2.45) is 5.41 Å². The number of hydrogen-bond acceptors (Lipinski definition) is 6. The van der Waals surface area contributed by atoms with Crippen LogP contribution in [0.1, 0.15) is 50.5 Å². The maximum Gasteiger partial charge on any atom is 0.234 e. The van der Waals surface area contributed by atoms with Gasteiger partial charge in [-0.05, 0) is 29.5 Å². The predicted molar refractivity (Wildman–Crippen MR) is 112 cm³/mol. The maximum absolute atomic E-state index is 13.3. The molecule has 0 radical (unpaired) electrons. The minimum atomic E-state index is -0.270. The fourth-order valence-corrected chi connectivity index (χ4v) is 3.71. The minimum Gasteiger partial charge on any atom is -0.348 e. The largest absolute Gasteiger partial charge is 0.348 e. The van der Waals surface area contributed by atoms with Gasteiger partial charge in [-0.25, -0.2) is 4.39 Å². The molecule has 2 heterocycles. The van der Waals surface area contributed by atoms with Crippen molar-refractivity contribution in [3.63, 3.8) is 0 Å². The molecule has 164 valence electrons. The third kappa shape index (κ3) is 6.88. The quantitative estimate of drug-likeness (QED) is 0.747. The van der Waals surface area contributed by atoms with Gasteiger partial charge in [0.1, 0.15) is 5.82 Å². The highest BCUT2D eigenvalue weighted by molar-refractivity contribution is 5.78. The molecule has 3 rings (SSSR count). The second-order valence-corrected chi connectivity index (χ2v) is 9.22. The first-order valence-electron chi connectivity index (χ1n) is 10.5. The molecule has 0 saturated carbocycles. The minimum absolute atomic E-state index is 0.00387. The van der Waals surface area contributed by atoms with Gasteiger partial charge in [0.05, 0.1) is 19.1 Å². The Bertz CT molecular complexity index is 823. The summed E-state index contributed by atoms with van der Waals surface area (Å²) < 4.78 is 18.3. The maximum atomic E-state index is 13.3. The van der Waals surface area contributed by atoms with Crippen LogP contribution in [0.4, 0.5) is 4.39 Å². The van der Waals surface area contributed by atoms with Crippen molar-refractivity contribution in [2.75, 3.05) is 32.7 Å². The van der Waals surface area contributed by atoms with E-state index in [2.05, 4.69) is 46.0 Å². The lowest BCUT2D eigenvalue weighted by Gasteiger charge is -2.34. The van der Waals surface area contributed by atoms with Gasteiger partial charge in [-0.2, -0.15) is 4.98 Å². The SMILES string of the molecule is Cc1nc(CN2CCN(CC(=O)NC(CC(C)(C)C)c3ccc(F)cc3)CC2)no1. The van der Waals surface area contributed by atoms with E-state index >= 15 is 0 Å². The molecule has 1 amide bonds. The summed E-state index contributed by atoms with van der Waals surface area (Å²) in [6, 6.07) is 6.26. The molecular formula is C22H32FN5O2. The third-order valence-electron chi connectivity index (χ3n) is 5.19. The Morgan fingerprint density at radius 1 is 1.17 bits per heavy atom. The van der Waals surface area contributed by atoms with Crippen LogP contribution in [0.25, 0.3) is 0 Å². The first kappa shape index (κ1) is 22.4. The zero-order valence-electron chi connectivity index (χ0n) is 18.3. The van der Waals surface area contributed by atoms with Crippen LogP contribution in [0.5, 0.6) is 0 Å². The van der Waals surface area contributed by atoms with Crippen LogP contribution in [0, 0.1) is 18.2 Å². The smallest absolute Gasteiger partial charge is 0.234 e. The average molecular weight is 418 g/mol. The summed E-state index contributed by atoms with van der Waals surface area (Å²) in [6.45, 7) is 12.5. The van der Waals surface area contributed by atoms with Crippen molar-refractivity contribution in [3.8, 4) is 0 Å². The third-order valence-corrected chi connectivity index (χ3v) is 5.19. The molecule has 1 aliphatic rings. The number of aryl methyl sites for hydroxylation is 1. The summed E-state index contributed by atoms with van der Waals surface area (Å²) in [5, 5.41) is 7.11. The van der Waals surface area contributed by atoms with Gasteiger partial charge < -0.3 is 9.84 Å². The fraction of sp³-hybridized carbons (Fsp3) is 0.591. The second kappa shape index (κ2) is 9.66. The number of nitrogens with zero attached hydrogens (tertiary/aromatic N) is 4. The molecule has 1 unspecified atom stereocenters. The number of nitrogens with one attached hydrogen (secondary N) is 1. The van der Waals surface area contributed by atoms with Gasteiger partial charge in [0.2, 0.25) is 11.8 Å². The number of carbonyl (C=O) groups excluding carboxylic acids is 1. The van der Waals surface area contributed by atoms with E-state index in [-0.39, 0.29) is 23.2 Å². The molecule has 1 aliphatic heterocycles. The number of carbonyl (C=O) groups is 1. The van der Waals surface area contributed by atoms with E-state index in [0.29, 0.717) is 24.8 Å². The summed E-state index contributed by atoms with van der Waals surface area (Å²) in [6.07, 6.45) is 0.780. The van der Waals surface area contributed by atoms with Crippen LogP contribution >= 0.6 is 0 Å². The second-order valence-electron chi connectivity index (χ2n) is 9.22. The lowest BCUT2D eigenvalue weighted by Crippen LogP contribution is -2.49. The zero-order valence-corrected chi connectivity index (χ0v) is 18.3. The van der Waals surface area contributed by atoms with Crippen molar-refractivity contribution in [3.05, 3.63) is 47.4 Å². The Balaban J connectivity index is 1.51. The highest BCUT2D eigenvalue weighted by atomic mass is 19.1. The van der Waals surface area contributed by atoms with E-state index in [4.69, 9.17) is 4.52 Å². The van der Waals surface area contributed by atoms with Crippen LogP contribution in [0.2, 0.25) is 0 Å². The molecule has 30 heavy (non-hydrogen) atoms. The van der Waals surface area contributed by atoms with E-state index in [1.54, 1.807) is 19.1 Å². The molecule has 1 saturated heterocycles. The van der Waals surface area contributed by atoms with E-state index in [0.717, 1.165) is 38.2 Å². The molecule has 1 atom stereocenters. The lowest BCUT2D eigenvalue weighted by atomic mass is 9.85. The summed E-state index contributed by atoms with van der Waals surface area (Å²) in [5.41, 5.74) is 0.964. The van der Waals surface area contributed by atoms with Crippen molar-refractivity contribution in [1.82, 2.24) is 25.3 Å². The van der Waals surface area contributed by atoms with Gasteiger partial charge in [-0.3, -0.25) is 14.6 Å². The van der Waals surface area contributed by atoms with Crippen molar-refractivity contribution in [1.29, 1.82) is 0 Å². The predicted octanol–water partition coefficient (Wildman–Crippen LogP) is 2.93. The highest BCUT2D eigenvalue weighted by Crippen LogP contribution is 2.29. The molecule has 8 heteroatoms. The highest BCUT2D eigenvalue weighted by Gasteiger charge is 2.24. The zero-order chi connectivity index (χ0) is 21.7. The number of aromatic nitrogens is 2. The van der Waals surface area contributed by atoms with Crippen LogP contribution in [-0.4, -0.2) is 58.6 Å². The first-order chi connectivity index (χ1) is 14.2. The van der Waals surface area contributed by atoms with Crippen LogP contribution in [0.15, 0.2) is 28.8 Å². The molecule has 0 aliphatic carbocycles. The number of hydrogen-bond donors (Lipinski definition) is 1. The Morgan fingerprint density at radius 2 is 1.80 bits per heavy atom. The van der Waals surface area contributed by atoms with Crippen LogP contribution in [0.3, 0.4) is 0 Å². The molecule has 0 bridgehead atoms. The lowest BCUT2D eigenvalue weighted by molar-refractivity contribution is -0.123. The molecular weight excluding hydrogens is 385 g/mol. The number of rotatable bonds is 7. The number of amides is 1. The normalized spacial score (nSPS) is 17.1. The summed E-state index contributed by atoms with van der Waals surface area (Å²) in [7, 11) is 0. The van der Waals surface area contributed by atoms with Gasteiger partial charge in [0.15, 0.2) is 5.82 Å². The molecule has 2 aromatic rings. The van der Waals surface area contributed by atoms with Crippen molar-refractivity contribution in [2.45, 2.75) is 46.7 Å². The van der Waals surface area contributed by atoms with Crippen molar-refractivity contribution < 1.29 is 13.7 Å². The number of halogens is 1. The number of piperazine rings is 1. The van der Waals surface area contributed by atoms with E-state index in [9.17, 15) is 9.18 Å². The molecule has 1 aromatic carbocycles.